The van der Waals surface area contributed by atoms with Gasteiger partial charge in [0.25, 0.3) is 0 Å². The Morgan fingerprint density at radius 3 is 2.18 bits per heavy atom. The zero-order valence-corrected chi connectivity index (χ0v) is 21.0. The van der Waals surface area contributed by atoms with Crippen LogP contribution >= 0.6 is 15.9 Å². The Labute approximate surface area is 208 Å². The molecule has 0 bridgehead atoms. The summed E-state index contributed by atoms with van der Waals surface area (Å²) in [6.45, 7) is 1.95. The molecule has 2 atom stereocenters. The molecule has 2 amide bonds. The highest BCUT2D eigenvalue weighted by Gasteiger charge is 2.41. The van der Waals surface area contributed by atoms with E-state index in [0.717, 1.165) is 27.0 Å². The summed E-state index contributed by atoms with van der Waals surface area (Å²) in [4.78, 5) is 28.5. The third-order valence-electron chi connectivity index (χ3n) is 6.19. The van der Waals surface area contributed by atoms with Crippen molar-refractivity contribution in [1.82, 2.24) is 0 Å². The maximum absolute atomic E-state index is 13.6. The summed E-state index contributed by atoms with van der Waals surface area (Å²) in [5, 5.41) is 3.09. The second-order valence-electron chi connectivity index (χ2n) is 8.27. The number of benzene rings is 3. The van der Waals surface area contributed by atoms with Crippen LogP contribution in [0.25, 0.3) is 0 Å². The van der Waals surface area contributed by atoms with Crippen LogP contribution in [0.3, 0.4) is 0 Å². The number of rotatable bonds is 6. The number of ether oxygens (including phenoxy) is 2. The number of methoxy groups -OCH3 is 2. The SMILES string of the molecule is COc1ccc(C2C(C(=O)Nc3ccc(Br)cc3C)CCC(=O)N2c2ccc(OC)cc2)cc1. The fourth-order valence-corrected chi connectivity index (χ4v) is 4.87. The lowest BCUT2D eigenvalue weighted by Gasteiger charge is -2.41. The molecule has 34 heavy (non-hydrogen) atoms. The molecule has 1 fully saturated rings. The number of anilines is 2. The van der Waals surface area contributed by atoms with Crippen molar-refractivity contribution >= 4 is 39.1 Å². The minimum atomic E-state index is -0.462. The van der Waals surface area contributed by atoms with E-state index < -0.39 is 12.0 Å². The van der Waals surface area contributed by atoms with E-state index in [1.54, 1.807) is 19.1 Å². The van der Waals surface area contributed by atoms with E-state index in [2.05, 4.69) is 21.2 Å². The highest BCUT2D eigenvalue weighted by atomic mass is 79.9. The van der Waals surface area contributed by atoms with Crippen LogP contribution in [-0.2, 0) is 9.59 Å². The fraction of sp³-hybridized carbons (Fsp3) is 0.259. The molecule has 1 aliphatic heterocycles. The van der Waals surface area contributed by atoms with Gasteiger partial charge in [0, 0.05) is 22.3 Å². The number of amides is 2. The van der Waals surface area contributed by atoms with E-state index in [1.165, 1.54) is 0 Å². The highest BCUT2D eigenvalue weighted by Crippen LogP contribution is 2.41. The lowest BCUT2D eigenvalue weighted by molar-refractivity contribution is -0.125. The lowest BCUT2D eigenvalue weighted by Crippen LogP contribution is -2.47. The zero-order chi connectivity index (χ0) is 24.2. The van der Waals surface area contributed by atoms with Gasteiger partial charge in [-0.2, -0.15) is 0 Å². The minimum Gasteiger partial charge on any atom is -0.497 e. The molecule has 7 heteroatoms. The van der Waals surface area contributed by atoms with Crippen LogP contribution in [0.5, 0.6) is 11.5 Å². The molecule has 176 valence electrons. The van der Waals surface area contributed by atoms with Crippen LogP contribution in [0.4, 0.5) is 11.4 Å². The number of piperidine rings is 1. The van der Waals surface area contributed by atoms with Crippen molar-refractivity contribution in [3.05, 3.63) is 82.3 Å². The zero-order valence-electron chi connectivity index (χ0n) is 19.4. The second kappa shape index (κ2) is 10.3. The number of halogens is 1. The van der Waals surface area contributed by atoms with Gasteiger partial charge in [0.1, 0.15) is 11.5 Å². The van der Waals surface area contributed by atoms with E-state index in [4.69, 9.17) is 9.47 Å². The molecule has 0 radical (unpaired) electrons. The number of nitrogens with one attached hydrogen (secondary N) is 1. The summed E-state index contributed by atoms with van der Waals surface area (Å²) >= 11 is 3.47. The number of hydrogen-bond acceptors (Lipinski definition) is 4. The molecule has 6 nitrogen and oxygen atoms in total. The van der Waals surface area contributed by atoms with Gasteiger partial charge in [0.05, 0.1) is 26.2 Å². The second-order valence-corrected chi connectivity index (χ2v) is 9.19. The van der Waals surface area contributed by atoms with Crippen LogP contribution in [-0.4, -0.2) is 26.0 Å². The topological polar surface area (TPSA) is 67.9 Å². The number of aryl methyl sites for hydroxylation is 1. The molecule has 0 saturated carbocycles. The Morgan fingerprint density at radius 1 is 0.971 bits per heavy atom. The van der Waals surface area contributed by atoms with Crippen LogP contribution < -0.4 is 19.7 Å². The Morgan fingerprint density at radius 2 is 1.59 bits per heavy atom. The van der Waals surface area contributed by atoms with Gasteiger partial charge in [0.2, 0.25) is 11.8 Å². The number of hydrogen-bond donors (Lipinski definition) is 1. The first-order valence-electron chi connectivity index (χ1n) is 11.1. The minimum absolute atomic E-state index is 0.0187. The van der Waals surface area contributed by atoms with Gasteiger partial charge in [-0.25, -0.2) is 0 Å². The Bertz CT molecular complexity index is 1180. The Kier molecular flexibility index (Phi) is 7.22. The molecule has 0 aliphatic carbocycles. The third-order valence-corrected chi connectivity index (χ3v) is 6.68. The van der Waals surface area contributed by atoms with Gasteiger partial charge in [-0.05, 0) is 79.1 Å². The van der Waals surface area contributed by atoms with E-state index >= 15 is 0 Å². The number of carbonyl (C=O) groups excluding carboxylic acids is 2. The summed E-state index contributed by atoms with van der Waals surface area (Å²) in [5.41, 5.74) is 3.32. The molecule has 1 N–H and O–H groups in total. The molecule has 1 aliphatic rings. The maximum atomic E-state index is 13.6. The summed E-state index contributed by atoms with van der Waals surface area (Å²) in [6.07, 6.45) is 0.750. The van der Waals surface area contributed by atoms with Crippen molar-refractivity contribution in [2.75, 3.05) is 24.4 Å². The molecular weight excluding hydrogens is 496 g/mol. The van der Waals surface area contributed by atoms with Crippen molar-refractivity contribution < 1.29 is 19.1 Å². The summed E-state index contributed by atoms with van der Waals surface area (Å²) < 4.78 is 11.5. The molecule has 0 aromatic heterocycles. The molecule has 1 saturated heterocycles. The van der Waals surface area contributed by atoms with E-state index in [9.17, 15) is 9.59 Å². The van der Waals surface area contributed by atoms with Gasteiger partial charge in [0.15, 0.2) is 0 Å². The smallest absolute Gasteiger partial charge is 0.229 e. The lowest BCUT2D eigenvalue weighted by atomic mass is 9.83. The number of nitrogens with zero attached hydrogens (tertiary/aromatic N) is 1. The summed E-state index contributed by atoms with van der Waals surface area (Å²) in [6, 6.07) is 20.2. The Balaban J connectivity index is 1.73. The van der Waals surface area contributed by atoms with Crippen molar-refractivity contribution in [3.63, 3.8) is 0 Å². The predicted octanol–water partition coefficient (Wildman–Crippen LogP) is 5.90. The van der Waals surface area contributed by atoms with Crippen molar-refractivity contribution in [1.29, 1.82) is 0 Å². The van der Waals surface area contributed by atoms with Gasteiger partial charge < -0.3 is 19.7 Å². The van der Waals surface area contributed by atoms with Crippen molar-refractivity contribution in [2.24, 2.45) is 5.92 Å². The normalized spacial score (nSPS) is 17.9. The fourth-order valence-electron chi connectivity index (χ4n) is 4.39. The van der Waals surface area contributed by atoms with Gasteiger partial charge in [-0.3, -0.25) is 9.59 Å². The van der Waals surface area contributed by atoms with E-state index in [0.29, 0.717) is 17.9 Å². The molecule has 3 aromatic rings. The Hall–Kier alpha value is -3.32. The molecule has 4 rings (SSSR count). The summed E-state index contributed by atoms with van der Waals surface area (Å²) in [7, 11) is 3.21. The number of carbonyl (C=O) groups is 2. The van der Waals surface area contributed by atoms with Crippen LogP contribution in [0.2, 0.25) is 0 Å². The molecule has 0 spiro atoms. The molecule has 1 heterocycles. The average Bonchev–Trinajstić information content (AvgIpc) is 2.85. The first kappa shape index (κ1) is 23.8. The van der Waals surface area contributed by atoms with E-state index in [-0.39, 0.29) is 18.2 Å². The van der Waals surface area contributed by atoms with Crippen LogP contribution in [0.15, 0.2) is 71.2 Å². The molecule has 2 unspecified atom stereocenters. The van der Waals surface area contributed by atoms with Crippen molar-refractivity contribution in [3.8, 4) is 11.5 Å². The van der Waals surface area contributed by atoms with Gasteiger partial charge >= 0.3 is 0 Å². The maximum Gasteiger partial charge on any atom is 0.229 e. The van der Waals surface area contributed by atoms with Crippen LogP contribution in [0.1, 0.15) is 30.0 Å². The average molecular weight is 523 g/mol. The molecule has 3 aromatic carbocycles. The third kappa shape index (κ3) is 4.94. The first-order valence-corrected chi connectivity index (χ1v) is 11.9. The predicted molar refractivity (Wildman–Crippen MR) is 136 cm³/mol. The standard InChI is InChI=1S/C27H27BrN2O4/c1-17-16-19(28)6-14-24(17)29-27(32)23-13-15-25(31)30(20-7-11-22(34-3)12-8-20)26(23)18-4-9-21(33-2)10-5-18/h4-12,14,16,23,26H,13,15H2,1-3H3,(H,29,32). The van der Waals surface area contributed by atoms with Crippen LogP contribution in [0, 0.1) is 12.8 Å². The van der Waals surface area contributed by atoms with Gasteiger partial charge in [-0.1, -0.05) is 28.1 Å². The van der Waals surface area contributed by atoms with Gasteiger partial charge in [-0.15, -0.1) is 0 Å². The largest absolute Gasteiger partial charge is 0.497 e. The quantitative estimate of drug-likeness (QED) is 0.437. The first-order chi connectivity index (χ1) is 16.4. The monoisotopic (exact) mass is 522 g/mol. The molecular formula is C27H27BrN2O4. The highest BCUT2D eigenvalue weighted by molar-refractivity contribution is 9.10. The summed E-state index contributed by atoms with van der Waals surface area (Å²) in [5.74, 6) is 0.853. The van der Waals surface area contributed by atoms with E-state index in [1.807, 2.05) is 73.7 Å². The van der Waals surface area contributed by atoms with Crippen molar-refractivity contribution in [2.45, 2.75) is 25.8 Å².